The van der Waals surface area contributed by atoms with Crippen LogP contribution in [-0.4, -0.2) is 6.61 Å². The van der Waals surface area contributed by atoms with Gasteiger partial charge < -0.3 is 10.5 Å². The predicted octanol–water partition coefficient (Wildman–Crippen LogP) is 2.10. The van der Waals surface area contributed by atoms with Crippen molar-refractivity contribution in [3.8, 4) is 11.8 Å². The van der Waals surface area contributed by atoms with E-state index in [-0.39, 0.29) is 0 Å². The molecular formula is C11H12N2O. The summed E-state index contributed by atoms with van der Waals surface area (Å²) in [7, 11) is 0. The molecule has 0 amide bonds. The minimum absolute atomic E-state index is 0.383. The summed E-state index contributed by atoms with van der Waals surface area (Å²) < 4.78 is 5.37. The highest BCUT2D eigenvalue weighted by molar-refractivity contribution is 5.60. The van der Waals surface area contributed by atoms with Crippen LogP contribution in [0.3, 0.4) is 0 Å². The Balaban J connectivity index is 2.92. The first-order valence-electron chi connectivity index (χ1n) is 4.21. The van der Waals surface area contributed by atoms with Gasteiger partial charge in [0.2, 0.25) is 0 Å². The van der Waals surface area contributed by atoms with Gasteiger partial charge in [-0.1, -0.05) is 12.6 Å². The van der Waals surface area contributed by atoms with Crippen molar-refractivity contribution in [3.05, 3.63) is 35.9 Å². The Morgan fingerprint density at radius 1 is 1.64 bits per heavy atom. The molecule has 3 nitrogen and oxygen atoms in total. The summed E-state index contributed by atoms with van der Waals surface area (Å²) in [5.74, 6) is 0.510. The molecule has 0 spiro atoms. The normalized spacial score (nSPS) is 9.14. The fourth-order valence-electron chi connectivity index (χ4n) is 0.989. The summed E-state index contributed by atoms with van der Waals surface area (Å²) in [6.45, 7) is 5.97. The largest absolute Gasteiger partial charge is 0.488 e. The van der Waals surface area contributed by atoms with Gasteiger partial charge in [0.25, 0.3) is 0 Å². The van der Waals surface area contributed by atoms with Gasteiger partial charge in [0.1, 0.15) is 24.0 Å². The lowest BCUT2D eigenvalue weighted by atomic mass is 10.2. The van der Waals surface area contributed by atoms with Crippen molar-refractivity contribution in [2.75, 3.05) is 12.3 Å². The number of hydrogen-bond acceptors (Lipinski definition) is 3. The molecule has 14 heavy (non-hydrogen) atoms. The van der Waals surface area contributed by atoms with Gasteiger partial charge in [0, 0.05) is 0 Å². The molecule has 1 aromatic carbocycles. The average molecular weight is 188 g/mol. The van der Waals surface area contributed by atoms with Crippen molar-refractivity contribution in [2.45, 2.75) is 6.92 Å². The van der Waals surface area contributed by atoms with Crippen LogP contribution in [0, 0.1) is 11.3 Å². The van der Waals surface area contributed by atoms with Gasteiger partial charge in [-0.05, 0) is 24.6 Å². The summed E-state index contributed by atoms with van der Waals surface area (Å²) in [4.78, 5) is 0. The molecule has 0 aromatic heterocycles. The van der Waals surface area contributed by atoms with E-state index in [4.69, 9.17) is 15.7 Å². The molecule has 1 rings (SSSR count). The van der Waals surface area contributed by atoms with E-state index in [0.29, 0.717) is 23.6 Å². The molecule has 0 saturated carbocycles. The number of ether oxygens (including phenoxy) is 1. The highest BCUT2D eigenvalue weighted by atomic mass is 16.5. The number of benzene rings is 1. The molecule has 0 heterocycles. The second-order valence-corrected chi connectivity index (χ2v) is 3.08. The van der Waals surface area contributed by atoms with E-state index in [2.05, 4.69) is 6.58 Å². The second kappa shape index (κ2) is 4.33. The van der Waals surface area contributed by atoms with Crippen molar-refractivity contribution in [3.63, 3.8) is 0 Å². The van der Waals surface area contributed by atoms with Crippen LogP contribution in [0.1, 0.15) is 12.5 Å². The van der Waals surface area contributed by atoms with Crippen LogP contribution in [0.25, 0.3) is 0 Å². The van der Waals surface area contributed by atoms with E-state index in [1.165, 1.54) is 0 Å². The maximum absolute atomic E-state index is 8.83. The van der Waals surface area contributed by atoms with Gasteiger partial charge in [-0.2, -0.15) is 5.26 Å². The minimum Gasteiger partial charge on any atom is -0.488 e. The lowest BCUT2D eigenvalue weighted by Crippen LogP contribution is -2.01. The van der Waals surface area contributed by atoms with E-state index >= 15 is 0 Å². The Bertz CT molecular complexity index is 391. The molecule has 0 fully saturated rings. The molecule has 3 heteroatoms. The van der Waals surface area contributed by atoms with Crippen LogP contribution in [0.5, 0.6) is 5.75 Å². The van der Waals surface area contributed by atoms with E-state index in [0.717, 1.165) is 5.57 Å². The third-order valence-electron chi connectivity index (χ3n) is 1.64. The number of rotatable bonds is 3. The molecule has 0 aliphatic rings. The molecule has 72 valence electrons. The number of anilines is 1. The number of nitrogens with zero attached hydrogens (tertiary/aromatic N) is 1. The van der Waals surface area contributed by atoms with Gasteiger partial charge in [-0.3, -0.25) is 0 Å². The fourth-order valence-corrected chi connectivity index (χ4v) is 0.989. The molecular weight excluding hydrogens is 176 g/mol. The van der Waals surface area contributed by atoms with Crippen LogP contribution in [0.2, 0.25) is 0 Å². The molecule has 0 unspecified atom stereocenters. The Kier molecular flexibility index (Phi) is 3.14. The summed E-state index contributed by atoms with van der Waals surface area (Å²) in [5.41, 5.74) is 7.33. The zero-order valence-corrected chi connectivity index (χ0v) is 8.08. The molecule has 0 aliphatic heterocycles. The maximum atomic E-state index is 8.83. The van der Waals surface area contributed by atoms with Crippen LogP contribution >= 0.6 is 0 Å². The quantitative estimate of drug-likeness (QED) is 0.583. The van der Waals surface area contributed by atoms with E-state index in [1.54, 1.807) is 18.2 Å². The lowest BCUT2D eigenvalue weighted by Gasteiger charge is -2.08. The molecule has 1 aromatic rings. The lowest BCUT2D eigenvalue weighted by molar-refractivity contribution is 0.352. The van der Waals surface area contributed by atoms with Crippen LogP contribution in [-0.2, 0) is 0 Å². The standard InChI is InChI=1S/C11H12N2O/c1-8(2)7-14-11-5-3-4-10(13)9(11)6-12/h3-5H,1,7,13H2,2H3. The number of hydrogen-bond donors (Lipinski definition) is 1. The SMILES string of the molecule is C=C(C)COc1cccc(N)c1C#N. The summed E-state index contributed by atoms with van der Waals surface area (Å²) in [6, 6.07) is 7.15. The van der Waals surface area contributed by atoms with Gasteiger partial charge in [0.05, 0.1) is 5.69 Å². The van der Waals surface area contributed by atoms with E-state index in [1.807, 2.05) is 13.0 Å². The number of nitrogens with two attached hydrogens (primary N) is 1. The molecule has 0 atom stereocenters. The first kappa shape index (κ1) is 10.1. The number of nitriles is 1. The third kappa shape index (κ3) is 2.27. The second-order valence-electron chi connectivity index (χ2n) is 3.08. The summed E-state index contributed by atoms with van der Waals surface area (Å²) >= 11 is 0. The maximum Gasteiger partial charge on any atom is 0.139 e. The zero-order valence-electron chi connectivity index (χ0n) is 8.08. The van der Waals surface area contributed by atoms with Gasteiger partial charge in [0.15, 0.2) is 0 Å². The topological polar surface area (TPSA) is 59.0 Å². The summed E-state index contributed by atoms with van der Waals surface area (Å²) in [6.07, 6.45) is 0. The van der Waals surface area contributed by atoms with Crippen molar-refractivity contribution >= 4 is 5.69 Å². The third-order valence-corrected chi connectivity index (χ3v) is 1.64. The highest BCUT2D eigenvalue weighted by Gasteiger charge is 2.05. The smallest absolute Gasteiger partial charge is 0.139 e. The molecule has 0 saturated heterocycles. The van der Waals surface area contributed by atoms with E-state index in [9.17, 15) is 0 Å². The Morgan fingerprint density at radius 3 is 2.93 bits per heavy atom. The zero-order chi connectivity index (χ0) is 10.6. The molecule has 0 radical (unpaired) electrons. The van der Waals surface area contributed by atoms with Crippen molar-refractivity contribution in [2.24, 2.45) is 0 Å². The number of nitrogen functional groups attached to an aromatic ring is 1. The van der Waals surface area contributed by atoms with Crippen LogP contribution in [0.4, 0.5) is 5.69 Å². The first-order chi connectivity index (χ1) is 6.65. The molecule has 2 N–H and O–H groups in total. The highest BCUT2D eigenvalue weighted by Crippen LogP contribution is 2.23. The Hall–Kier alpha value is -1.95. The average Bonchev–Trinajstić information content (AvgIpc) is 2.14. The Labute approximate surface area is 83.4 Å². The fraction of sp³-hybridized carbons (Fsp3) is 0.182. The van der Waals surface area contributed by atoms with Crippen LogP contribution in [0.15, 0.2) is 30.4 Å². The van der Waals surface area contributed by atoms with Crippen molar-refractivity contribution < 1.29 is 4.74 Å². The van der Waals surface area contributed by atoms with E-state index < -0.39 is 0 Å². The summed E-state index contributed by atoms with van der Waals surface area (Å²) in [5, 5.41) is 8.83. The molecule has 0 bridgehead atoms. The monoisotopic (exact) mass is 188 g/mol. The first-order valence-corrected chi connectivity index (χ1v) is 4.21. The minimum atomic E-state index is 0.383. The van der Waals surface area contributed by atoms with Crippen LogP contribution < -0.4 is 10.5 Å². The van der Waals surface area contributed by atoms with Gasteiger partial charge in [-0.15, -0.1) is 0 Å². The Morgan fingerprint density at radius 2 is 2.36 bits per heavy atom. The molecule has 0 aliphatic carbocycles. The van der Waals surface area contributed by atoms with Gasteiger partial charge in [-0.25, -0.2) is 0 Å². The van der Waals surface area contributed by atoms with Crippen molar-refractivity contribution in [1.29, 1.82) is 5.26 Å². The van der Waals surface area contributed by atoms with Crippen molar-refractivity contribution in [1.82, 2.24) is 0 Å². The predicted molar refractivity (Wildman–Crippen MR) is 55.9 cm³/mol. The van der Waals surface area contributed by atoms with Gasteiger partial charge >= 0.3 is 0 Å².